The number of anilines is 1. The second-order valence-electron chi connectivity index (χ2n) is 9.86. The van der Waals surface area contributed by atoms with Crippen LogP contribution in [0.5, 0.6) is 0 Å². The van der Waals surface area contributed by atoms with Crippen molar-refractivity contribution in [2.75, 3.05) is 25.5 Å². The standard InChI is InChI=1S/C28H33N5O2/c1-28(2,3)21-13-11-19(12-14-21)27-32-24(26(34)31-15-7-10-23-29-16-17-30-23)25(35-27)20-8-6-9-22(18-20)33(4)5/h6,8-9,11-14,16-18H,7,10,15H2,1-5H3,(H,29,30)(H,31,34). The predicted octanol–water partition coefficient (Wildman–Crippen LogP) is 5.46. The topological polar surface area (TPSA) is 87.1 Å². The normalized spacial score (nSPS) is 11.5. The summed E-state index contributed by atoms with van der Waals surface area (Å²) in [5.74, 6) is 1.54. The number of imidazole rings is 1. The van der Waals surface area contributed by atoms with Crippen molar-refractivity contribution in [2.24, 2.45) is 0 Å². The van der Waals surface area contributed by atoms with Crippen molar-refractivity contribution >= 4 is 11.6 Å². The van der Waals surface area contributed by atoms with Crippen LogP contribution < -0.4 is 10.2 Å². The number of nitrogens with zero attached hydrogens (tertiary/aromatic N) is 3. The second-order valence-corrected chi connectivity index (χ2v) is 9.86. The van der Waals surface area contributed by atoms with Crippen molar-refractivity contribution in [2.45, 2.75) is 39.0 Å². The number of H-pyrrole nitrogens is 1. The number of hydrogen-bond donors (Lipinski definition) is 2. The van der Waals surface area contributed by atoms with Crippen LogP contribution in [0, 0.1) is 0 Å². The molecule has 4 rings (SSSR count). The average molecular weight is 472 g/mol. The average Bonchev–Trinajstić information content (AvgIpc) is 3.52. The summed E-state index contributed by atoms with van der Waals surface area (Å²) in [4.78, 5) is 27.1. The molecule has 0 aliphatic rings. The van der Waals surface area contributed by atoms with Crippen LogP contribution in [-0.2, 0) is 11.8 Å². The number of carbonyl (C=O) groups is 1. The maximum Gasteiger partial charge on any atom is 0.273 e. The van der Waals surface area contributed by atoms with Crippen LogP contribution in [0.2, 0.25) is 0 Å². The van der Waals surface area contributed by atoms with Gasteiger partial charge in [0.2, 0.25) is 5.89 Å². The van der Waals surface area contributed by atoms with Crippen LogP contribution in [0.4, 0.5) is 5.69 Å². The molecule has 2 aromatic carbocycles. The molecule has 4 aromatic rings. The molecule has 182 valence electrons. The first-order valence-electron chi connectivity index (χ1n) is 11.9. The lowest BCUT2D eigenvalue weighted by Gasteiger charge is -2.18. The molecule has 0 unspecified atom stereocenters. The van der Waals surface area contributed by atoms with Crippen molar-refractivity contribution < 1.29 is 9.21 Å². The van der Waals surface area contributed by atoms with Gasteiger partial charge in [-0.2, -0.15) is 0 Å². The van der Waals surface area contributed by atoms with Gasteiger partial charge in [0, 0.05) is 56.3 Å². The van der Waals surface area contributed by atoms with Crippen LogP contribution in [0.15, 0.2) is 65.3 Å². The second kappa shape index (κ2) is 10.2. The van der Waals surface area contributed by atoms with Gasteiger partial charge in [-0.15, -0.1) is 0 Å². The molecule has 0 aliphatic heterocycles. The fourth-order valence-electron chi connectivity index (χ4n) is 3.81. The van der Waals surface area contributed by atoms with Gasteiger partial charge in [-0.25, -0.2) is 9.97 Å². The summed E-state index contributed by atoms with van der Waals surface area (Å²) in [7, 11) is 3.96. The summed E-state index contributed by atoms with van der Waals surface area (Å²) in [6.45, 7) is 7.05. The molecule has 7 heteroatoms. The zero-order valence-electron chi connectivity index (χ0n) is 21.1. The number of nitrogens with one attached hydrogen (secondary N) is 2. The third kappa shape index (κ3) is 5.80. The predicted molar refractivity (Wildman–Crippen MR) is 140 cm³/mol. The number of oxazole rings is 1. The van der Waals surface area contributed by atoms with E-state index >= 15 is 0 Å². The smallest absolute Gasteiger partial charge is 0.273 e. The van der Waals surface area contributed by atoms with E-state index in [1.807, 2.05) is 55.4 Å². The number of hydrogen-bond acceptors (Lipinski definition) is 5. The van der Waals surface area contributed by atoms with Crippen LogP contribution >= 0.6 is 0 Å². The van der Waals surface area contributed by atoms with E-state index in [9.17, 15) is 4.79 Å². The van der Waals surface area contributed by atoms with E-state index in [0.29, 0.717) is 18.2 Å². The molecular formula is C28H33N5O2. The molecule has 2 N–H and O–H groups in total. The molecule has 0 saturated heterocycles. The number of aromatic amines is 1. The van der Waals surface area contributed by atoms with Crippen molar-refractivity contribution in [1.82, 2.24) is 20.3 Å². The van der Waals surface area contributed by atoms with Crippen LogP contribution in [-0.4, -0.2) is 41.5 Å². The fraction of sp³-hybridized carbons (Fsp3) is 0.321. The Kier molecular flexibility index (Phi) is 7.05. The highest BCUT2D eigenvalue weighted by Gasteiger charge is 2.23. The minimum Gasteiger partial charge on any atom is -0.435 e. The summed E-state index contributed by atoms with van der Waals surface area (Å²) in [6, 6.07) is 16.1. The van der Waals surface area contributed by atoms with Gasteiger partial charge in [-0.3, -0.25) is 4.79 Å². The molecule has 0 aliphatic carbocycles. The van der Waals surface area contributed by atoms with E-state index in [1.165, 1.54) is 5.56 Å². The summed E-state index contributed by atoms with van der Waals surface area (Å²) in [6.07, 6.45) is 5.05. The quantitative estimate of drug-likeness (QED) is 0.333. The summed E-state index contributed by atoms with van der Waals surface area (Å²) in [5.41, 5.74) is 4.21. The highest BCUT2D eigenvalue weighted by atomic mass is 16.4. The van der Waals surface area contributed by atoms with Crippen molar-refractivity contribution in [3.05, 3.63) is 78.0 Å². The molecule has 1 amide bonds. The summed E-state index contributed by atoms with van der Waals surface area (Å²) in [5, 5.41) is 2.99. The Balaban J connectivity index is 1.62. The van der Waals surface area contributed by atoms with Gasteiger partial charge in [0.05, 0.1) is 0 Å². The van der Waals surface area contributed by atoms with Gasteiger partial charge >= 0.3 is 0 Å². The van der Waals surface area contributed by atoms with Gasteiger partial charge in [-0.05, 0) is 41.7 Å². The Morgan fingerprint density at radius 2 is 1.86 bits per heavy atom. The van der Waals surface area contributed by atoms with E-state index < -0.39 is 0 Å². The lowest BCUT2D eigenvalue weighted by Crippen LogP contribution is -2.25. The zero-order chi connectivity index (χ0) is 25.0. The third-order valence-electron chi connectivity index (χ3n) is 5.90. The Labute approximate surface area is 206 Å². The lowest BCUT2D eigenvalue weighted by molar-refractivity contribution is 0.0949. The van der Waals surface area contributed by atoms with Crippen molar-refractivity contribution in [3.63, 3.8) is 0 Å². The van der Waals surface area contributed by atoms with E-state index in [2.05, 4.69) is 53.2 Å². The SMILES string of the molecule is CN(C)c1cccc(-c2oc(-c3ccc(C(C)(C)C)cc3)nc2C(=O)NCCCc2ncc[nH]2)c1. The van der Waals surface area contributed by atoms with E-state index in [0.717, 1.165) is 35.5 Å². The van der Waals surface area contributed by atoms with Crippen LogP contribution in [0.3, 0.4) is 0 Å². The van der Waals surface area contributed by atoms with Crippen molar-refractivity contribution in [1.29, 1.82) is 0 Å². The Hall–Kier alpha value is -3.87. The highest BCUT2D eigenvalue weighted by Crippen LogP contribution is 2.33. The number of carbonyl (C=O) groups excluding carboxylic acids is 1. The first kappa shape index (κ1) is 24.3. The lowest BCUT2D eigenvalue weighted by atomic mass is 9.87. The molecule has 2 aromatic heterocycles. The van der Waals surface area contributed by atoms with Crippen LogP contribution in [0.25, 0.3) is 22.8 Å². The Morgan fingerprint density at radius 3 is 2.51 bits per heavy atom. The van der Waals surface area contributed by atoms with Gasteiger partial charge in [0.1, 0.15) is 5.82 Å². The number of benzene rings is 2. The monoisotopic (exact) mass is 471 g/mol. The summed E-state index contributed by atoms with van der Waals surface area (Å²) >= 11 is 0. The number of aromatic nitrogens is 3. The molecule has 0 bridgehead atoms. The molecule has 2 heterocycles. The van der Waals surface area contributed by atoms with Crippen LogP contribution in [0.1, 0.15) is 49.1 Å². The molecular weight excluding hydrogens is 438 g/mol. The van der Waals surface area contributed by atoms with E-state index in [1.54, 1.807) is 12.4 Å². The fourth-order valence-corrected chi connectivity index (χ4v) is 3.81. The minimum absolute atomic E-state index is 0.0492. The third-order valence-corrected chi connectivity index (χ3v) is 5.90. The van der Waals surface area contributed by atoms with Crippen molar-refractivity contribution in [3.8, 4) is 22.8 Å². The largest absolute Gasteiger partial charge is 0.435 e. The first-order chi connectivity index (χ1) is 16.7. The minimum atomic E-state index is -0.254. The number of rotatable bonds is 8. The van der Waals surface area contributed by atoms with E-state index in [-0.39, 0.29) is 17.0 Å². The molecule has 0 saturated carbocycles. The van der Waals surface area contributed by atoms with Gasteiger partial charge in [-0.1, -0.05) is 45.0 Å². The van der Waals surface area contributed by atoms with Gasteiger partial charge in [0.25, 0.3) is 5.91 Å². The zero-order valence-corrected chi connectivity index (χ0v) is 21.1. The van der Waals surface area contributed by atoms with E-state index in [4.69, 9.17) is 4.42 Å². The maximum atomic E-state index is 13.2. The molecule has 0 radical (unpaired) electrons. The number of amides is 1. The first-order valence-corrected chi connectivity index (χ1v) is 11.9. The molecule has 7 nitrogen and oxygen atoms in total. The number of aryl methyl sites for hydroxylation is 1. The molecule has 0 spiro atoms. The Morgan fingerprint density at radius 1 is 1.09 bits per heavy atom. The molecule has 0 atom stereocenters. The maximum absolute atomic E-state index is 13.2. The Bertz CT molecular complexity index is 1270. The molecule has 0 fully saturated rings. The molecule has 35 heavy (non-hydrogen) atoms. The van der Waals surface area contributed by atoms with Gasteiger partial charge in [0.15, 0.2) is 11.5 Å². The van der Waals surface area contributed by atoms with Gasteiger partial charge < -0.3 is 19.6 Å². The summed E-state index contributed by atoms with van der Waals surface area (Å²) < 4.78 is 6.23. The highest BCUT2D eigenvalue weighted by molar-refractivity contribution is 5.98.